The molecule has 5 rings (SSSR count). The van der Waals surface area contributed by atoms with Gasteiger partial charge >= 0.3 is 6.18 Å². The fraction of sp³-hybridized carbons (Fsp3) is 0.471. The summed E-state index contributed by atoms with van der Waals surface area (Å²) in [5, 5.41) is 4.59. The minimum Gasteiger partial charge on any atom is -0.340 e. The van der Waals surface area contributed by atoms with Crippen molar-refractivity contribution >= 4 is 22.5 Å². The highest BCUT2D eigenvalue weighted by Gasteiger charge is 2.40. The zero-order valence-electron chi connectivity index (χ0n) is 14.1. The van der Waals surface area contributed by atoms with Gasteiger partial charge in [-0.15, -0.1) is 0 Å². The number of hydrogen-bond donors (Lipinski definition) is 0. The van der Waals surface area contributed by atoms with E-state index in [4.69, 9.17) is 0 Å². The second-order valence-electron chi connectivity index (χ2n) is 7.28. The molecule has 0 N–H and O–H groups in total. The fourth-order valence-electron chi connectivity index (χ4n) is 4.31. The van der Waals surface area contributed by atoms with E-state index in [1.807, 2.05) is 0 Å². The predicted octanol–water partition coefficient (Wildman–Crippen LogP) is 2.29. The molecule has 136 valence electrons. The van der Waals surface area contributed by atoms with E-state index in [1.54, 1.807) is 4.52 Å². The summed E-state index contributed by atoms with van der Waals surface area (Å²) in [7, 11) is 2.13. The largest absolute Gasteiger partial charge is 0.416 e. The Bertz CT molecular complexity index is 983. The van der Waals surface area contributed by atoms with Gasteiger partial charge in [-0.1, -0.05) is 0 Å². The number of aromatic nitrogens is 4. The molecular formula is C17H17F3N6. The molecule has 2 aliphatic heterocycles. The lowest BCUT2D eigenvalue weighted by molar-refractivity contribution is -0.137. The van der Waals surface area contributed by atoms with Gasteiger partial charge in [-0.05, 0) is 37.1 Å². The van der Waals surface area contributed by atoms with Crippen LogP contribution in [-0.4, -0.2) is 57.7 Å². The van der Waals surface area contributed by atoms with Gasteiger partial charge in [0.1, 0.15) is 6.33 Å². The smallest absolute Gasteiger partial charge is 0.340 e. The summed E-state index contributed by atoms with van der Waals surface area (Å²) in [6.07, 6.45) is -3.03. The Kier molecular flexibility index (Phi) is 3.22. The number of benzene rings is 1. The summed E-state index contributed by atoms with van der Waals surface area (Å²) >= 11 is 0. The van der Waals surface area contributed by atoms with Crippen LogP contribution in [0.4, 0.5) is 19.1 Å². The maximum atomic E-state index is 13.1. The second kappa shape index (κ2) is 5.29. The lowest BCUT2D eigenvalue weighted by Crippen LogP contribution is -2.29. The lowest BCUT2D eigenvalue weighted by atomic mass is 10.0. The zero-order chi connectivity index (χ0) is 18.1. The molecule has 2 fully saturated rings. The summed E-state index contributed by atoms with van der Waals surface area (Å²) in [6, 6.07) is 3.59. The van der Waals surface area contributed by atoms with Crippen LogP contribution in [0.25, 0.3) is 16.6 Å². The van der Waals surface area contributed by atoms with Crippen molar-refractivity contribution in [1.82, 2.24) is 24.5 Å². The average Bonchev–Trinajstić information content (AvgIpc) is 3.26. The van der Waals surface area contributed by atoms with E-state index in [-0.39, 0.29) is 0 Å². The number of nitrogens with zero attached hydrogens (tertiary/aromatic N) is 6. The number of alkyl halides is 3. The molecule has 6 nitrogen and oxygen atoms in total. The summed E-state index contributed by atoms with van der Waals surface area (Å²) in [6.45, 7) is 3.88. The van der Waals surface area contributed by atoms with E-state index < -0.39 is 11.7 Å². The third-order valence-corrected chi connectivity index (χ3v) is 5.47. The van der Waals surface area contributed by atoms with Crippen molar-refractivity contribution in [2.45, 2.75) is 6.18 Å². The maximum absolute atomic E-state index is 13.1. The van der Waals surface area contributed by atoms with Gasteiger partial charge in [-0.2, -0.15) is 22.8 Å². The molecule has 9 heteroatoms. The Balaban J connectivity index is 1.62. The first kappa shape index (κ1) is 15.8. The molecule has 0 bridgehead atoms. The number of rotatable bonds is 1. The van der Waals surface area contributed by atoms with Crippen LogP contribution < -0.4 is 4.90 Å². The van der Waals surface area contributed by atoms with Crippen LogP contribution in [0.15, 0.2) is 24.5 Å². The highest BCUT2D eigenvalue weighted by Crippen LogP contribution is 2.35. The molecule has 2 aliphatic rings. The zero-order valence-corrected chi connectivity index (χ0v) is 14.1. The molecule has 1 aromatic carbocycles. The Labute approximate surface area is 147 Å². The minimum absolute atomic E-state index is 0.361. The number of hydrogen-bond acceptors (Lipinski definition) is 5. The number of anilines is 1. The van der Waals surface area contributed by atoms with Crippen LogP contribution in [0.2, 0.25) is 0 Å². The summed E-state index contributed by atoms with van der Waals surface area (Å²) in [5.74, 6) is 1.83. The van der Waals surface area contributed by atoms with Gasteiger partial charge < -0.3 is 9.80 Å². The van der Waals surface area contributed by atoms with E-state index in [0.717, 1.165) is 38.3 Å². The van der Waals surface area contributed by atoms with Crippen LogP contribution in [0.1, 0.15) is 5.56 Å². The average molecular weight is 362 g/mol. The first-order valence-electron chi connectivity index (χ1n) is 8.54. The molecule has 26 heavy (non-hydrogen) atoms. The number of halogens is 3. The summed E-state index contributed by atoms with van der Waals surface area (Å²) in [5.41, 5.74) is 0.205. The first-order valence-corrected chi connectivity index (χ1v) is 8.54. The molecule has 0 saturated carbocycles. The van der Waals surface area contributed by atoms with E-state index >= 15 is 0 Å². The normalized spacial score (nSPS) is 24.1. The molecule has 3 aromatic rings. The quantitative estimate of drug-likeness (QED) is 0.665. The second-order valence-corrected chi connectivity index (χ2v) is 7.28. The van der Waals surface area contributed by atoms with Crippen molar-refractivity contribution in [3.8, 4) is 0 Å². The first-order chi connectivity index (χ1) is 12.4. The Morgan fingerprint density at radius 1 is 1.08 bits per heavy atom. The van der Waals surface area contributed by atoms with Gasteiger partial charge in [0.15, 0.2) is 5.65 Å². The molecule has 4 heterocycles. The van der Waals surface area contributed by atoms with Crippen molar-refractivity contribution in [2.75, 3.05) is 38.1 Å². The van der Waals surface area contributed by atoms with Gasteiger partial charge in [0.05, 0.1) is 11.1 Å². The Morgan fingerprint density at radius 2 is 1.81 bits per heavy atom. The molecule has 2 saturated heterocycles. The van der Waals surface area contributed by atoms with E-state index in [9.17, 15) is 13.2 Å². The molecule has 2 atom stereocenters. The molecule has 0 spiro atoms. The van der Waals surface area contributed by atoms with Crippen LogP contribution >= 0.6 is 0 Å². The minimum atomic E-state index is -4.40. The third-order valence-electron chi connectivity index (χ3n) is 5.47. The highest BCUT2D eigenvalue weighted by atomic mass is 19.4. The topological polar surface area (TPSA) is 49.6 Å². The molecule has 2 aromatic heterocycles. The Hall–Kier alpha value is -2.42. The van der Waals surface area contributed by atoms with Crippen LogP contribution in [0.5, 0.6) is 0 Å². The van der Waals surface area contributed by atoms with Gasteiger partial charge in [-0.3, -0.25) is 0 Å². The van der Waals surface area contributed by atoms with Crippen molar-refractivity contribution in [3.63, 3.8) is 0 Å². The summed E-state index contributed by atoms with van der Waals surface area (Å²) < 4.78 is 40.7. The van der Waals surface area contributed by atoms with Crippen molar-refractivity contribution in [3.05, 3.63) is 30.1 Å². The Morgan fingerprint density at radius 3 is 2.50 bits per heavy atom. The van der Waals surface area contributed by atoms with E-state index in [2.05, 4.69) is 31.9 Å². The molecule has 0 amide bonds. The van der Waals surface area contributed by atoms with Crippen molar-refractivity contribution in [1.29, 1.82) is 0 Å². The van der Waals surface area contributed by atoms with Crippen molar-refractivity contribution < 1.29 is 13.2 Å². The van der Waals surface area contributed by atoms with Crippen molar-refractivity contribution in [2.24, 2.45) is 11.8 Å². The highest BCUT2D eigenvalue weighted by molar-refractivity contribution is 5.92. The molecular weight excluding hydrogens is 345 g/mol. The van der Waals surface area contributed by atoms with Gasteiger partial charge in [0.2, 0.25) is 5.95 Å². The molecule has 0 aliphatic carbocycles. The standard InChI is InChI=1S/C17H17F3N6/c1-24-5-10-7-25(8-11(10)6-24)16-23-14-3-2-12(17(18,19)20)4-13(14)15-21-9-22-26(15)16/h2-4,9-11H,5-8H2,1H3. The molecule has 0 radical (unpaired) electrons. The number of fused-ring (bicyclic) bond motifs is 4. The van der Waals surface area contributed by atoms with Gasteiger partial charge in [0.25, 0.3) is 0 Å². The van der Waals surface area contributed by atoms with E-state index in [0.29, 0.717) is 34.3 Å². The lowest BCUT2D eigenvalue weighted by Gasteiger charge is -2.21. The third kappa shape index (κ3) is 2.33. The molecule has 2 unspecified atom stereocenters. The van der Waals surface area contributed by atoms with Crippen LogP contribution in [0, 0.1) is 11.8 Å². The maximum Gasteiger partial charge on any atom is 0.416 e. The van der Waals surface area contributed by atoms with Crippen LogP contribution in [0.3, 0.4) is 0 Å². The fourth-order valence-corrected chi connectivity index (χ4v) is 4.31. The SMILES string of the molecule is CN1CC2CN(c3nc4ccc(C(F)(F)F)cc4c4ncnn34)CC2C1. The summed E-state index contributed by atoms with van der Waals surface area (Å²) in [4.78, 5) is 13.3. The van der Waals surface area contributed by atoms with Crippen LogP contribution in [-0.2, 0) is 6.18 Å². The predicted molar refractivity (Wildman–Crippen MR) is 90.0 cm³/mol. The monoisotopic (exact) mass is 362 g/mol. The van der Waals surface area contributed by atoms with Gasteiger partial charge in [-0.25, -0.2) is 9.97 Å². The van der Waals surface area contributed by atoms with Gasteiger partial charge in [0, 0.05) is 31.6 Å². The number of likely N-dealkylation sites (tertiary alicyclic amines) is 1. The van der Waals surface area contributed by atoms with E-state index in [1.165, 1.54) is 12.4 Å².